The molecule has 0 saturated heterocycles. The number of carbonyl (C=O) groups is 1. The van der Waals surface area contributed by atoms with E-state index in [0.717, 1.165) is 23.1 Å². The number of esters is 1. The van der Waals surface area contributed by atoms with Gasteiger partial charge in [-0.25, -0.2) is 0 Å². The molecule has 0 aliphatic heterocycles. The molecule has 8 heteroatoms. The van der Waals surface area contributed by atoms with Gasteiger partial charge in [-0.3, -0.25) is 4.79 Å². The Morgan fingerprint density at radius 2 is 1.96 bits per heavy atom. The van der Waals surface area contributed by atoms with Crippen LogP contribution in [0, 0.1) is 0 Å². The molecule has 0 amide bonds. The second-order valence-electron chi connectivity index (χ2n) is 5.78. The quantitative estimate of drug-likeness (QED) is 0.488. The highest BCUT2D eigenvalue weighted by molar-refractivity contribution is 9.10. The van der Waals surface area contributed by atoms with Crippen molar-refractivity contribution in [2.45, 2.75) is 19.2 Å². The van der Waals surface area contributed by atoms with Crippen LogP contribution in [0.1, 0.15) is 16.7 Å². The van der Waals surface area contributed by atoms with Gasteiger partial charge in [-0.15, -0.1) is 0 Å². The molecule has 2 aromatic carbocycles. The Balaban J connectivity index is 1.89. The number of ether oxygens (including phenoxy) is 2. The SMILES string of the molecule is COC(=O)Cc1ccc(C(F)(F)F)cc1OCc1cc(Br)c2occc2c1. The molecule has 1 heterocycles. The minimum absolute atomic E-state index is 0.0151. The summed E-state index contributed by atoms with van der Waals surface area (Å²) in [5.74, 6) is -0.583. The smallest absolute Gasteiger partial charge is 0.416 e. The maximum atomic E-state index is 13.0. The van der Waals surface area contributed by atoms with Crippen LogP contribution in [-0.4, -0.2) is 13.1 Å². The molecule has 27 heavy (non-hydrogen) atoms. The number of alkyl halides is 3. The van der Waals surface area contributed by atoms with E-state index in [0.29, 0.717) is 15.6 Å². The van der Waals surface area contributed by atoms with Gasteiger partial charge >= 0.3 is 12.1 Å². The molecule has 0 spiro atoms. The topological polar surface area (TPSA) is 48.7 Å². The molecule has 4 nitrogen and oxygen atoms in total. The highest BCUT2D eigenvalue weighted by Crippen LogP contribution is 2.34. The van der Waals surface area contributed by atoms with E-state index in [1.165, 1.54) is 13.2 Å². The lowest BCUT2D eigenvalue weighted by atomic mass is 10.1. The zero-order valence-corrected chi connectivity index (χ0v) is 15.7. The van der Waals surface area contributed by atoms with E-state index in [2.05, 4.69) is 20.7 Å². The third-order valence-electron chi connectivity index (χ3n) is 3.92. The van der Waals surface area contributed by atoms with Crippen molar-refractivity contribution in [1.29, 1.82) is 0 Å². The van der Waals surface area contributed by atoms with Gasteiger partial charge in [-0.1, -0.05) is 6.07 Å². The molecule has 0 atom stereocenters. The zero-order valence-electron chi connectivity index (χ0n) is 14.1. The highest BCUT2D eigenvalue weighted by atomic mass is 79.9. The normalized spacial score (nSPS) is 11.6. The number of hydrogen-bond donors (Lipinski definition) is 0. The van der Waals surface area contributed by atoms with Crippen molar-refractivity contribution in [3.8, 4) is 5.75 Å². The van der Waals surface area contributed by atoms with Crippen LogP contribution >= 0.6 is 15.9 Å². The average Bonchev–Trinajstić information content (AvgIpc) is 3.09. The summed E-state index contributed by atoms with van der Waals surface area (Å²) >= 11 is 3.39. The van der Waals surface area contributed by atoms with Gasteiger partial charge in [-0.05, 0) is 51.8 Å². The number of benzene rings is 2. The van der Waals surface area contributed by atoms with Gasteiger partial charge in [0.1, 0.15) is 17.9 Å². The number of hydrogen-bond acceptors (Lipinski definition) is 4. The number of halogens is 4. The summed E-state index contributed by atoms with van der Waals surface area (Å²) in [7, 11) is 1.21. The number of methoxy groups -OCH3 is 1. The van der Waals surface area contributed by atoms with Crippen molar-refractivity contribution in [3.63, 3.8) is 0 Å². The number of rotatable bonds is 5. The Morgan fingerprint density at radius 1 is 1.19 bits per heavy atom. The minimum atomic E-state index is -4.51. The van der Waals surface area contributed by atoms with Crippen LogP contribution in [-0.2, 0) is 28.7 Å². The van der Waals surface area contributed by atoms with Crippen LogP contribution < -0.4 is 4.74 Å². The Morgan fingerprint density at radius 3 is 2.67 bits per heavy atom. The fourth-order valence-electron chi connectivity index (χ4n) is 2.58. The number of fused-ring (bicyclic) bond motifs is 1. The summed E-state index contributed by atoms with van der Waals surface area (Å²) in [6.45, 7) is 0.0230. The monoisotopic (exact) mass is 442 g/mol. The molecule has 0 fully saturated rings. The van der Waals surface area contributed by atoms with Crippen molar-refractivity contribution < 1.29 is 31.9 Å². The highest BCUT2D eigenvalue weighted by Gasteiger charge is 2.31. The van der Waals surface area contributed by atoms with E-state index in [1.807, 2.05) is 6.07 Å². The standard InChI is InChI=1S/C19H14BrF3O4/c1-25-17(24)8-12-2-3-14(19(21,22)23)9-16(12)27-10-11-6-13-4-5-26-18(13)15(20)7-11/h2-7,9H,8,10H2,1H3. The van der Waals surface area contributed by atoms with E-state index in [1.54, 1.807) is 18.4 Å². The molecule has 0 aliphatic rings. The van der Waals surface area contributed by atoms with Crippen molar-refractivity contribution in [2.75, 3.05) is 7.11 Å². The van der Waals surface area contributed by atoms with E-state index >= 15 is 0 Å². The molecule has 0 unspecified atom stereocenters. The first-order valence-corrected chi connectivity index (χ1v) is 8.62. The van der Waals surface area contributed by atoms with Crippen LogP contribution in [0.15, 0.2) is 51.6 Å². The maximum Gasteiger partial charge on any atom is 0.416 e. The van der Waals surface area contributed by atoms with Gasteiger partial charge in [0.2, 0.25) is 0 Å². The summed E-state index contributed by atoms with van der Waals surface area (Å²) in [6.07, 6.45) is -3.16. The van der Waals surface area contributed by atoms with E-state index < -0.39 is 17.7 Å². The van der Waals surface area contributed by atoms with E-state index in [9.17, 15) is 18.0 Å². The Bertz CT molecular complexity index is 979. The van der Waals surface area contributed by atoms with Crippen LogP contribution in [0.5, 0.6) is 5.75 Å². The summed E-state index contributed by atoms with van der Waals surface area (Å²) in [5, 5.41) is 0.835. The predicted molar refractivity (Wildman–Crippen MR) is 95.4 cm³/mol. The molecule has 3 rings (SSSR count). The Hall–Kier alpha value is -2.48. The lowest BCUT2D eigenvalue weighted by molar-refractivity contribution is -0.139. The summed E-state index contributed by atoms with van der Waals surface area (Å²) in [5.41, 5.74) is 0.872. The lowest BCUT2D eigenvalue weighted by Gasteiger charge is -2.14. The average molecular weight is 443 g/mol. The van der Waals surface area contributed by atoms with Crippen molar-refractivity contribution >= 4 is 32.9 Å². The van der Waals surface area contributed by atoms with Gasteiger partial charge in [-0.2, -0.15) is 13.2 Å². The summed E-state index contributed by atoms with van der Waals surface area (Å²) < 4.78 is 55.3. The largest absolute Gasteiger partial charge is 0.489 e. The third-order valence-corrected chi connectivity index (χ3v) is 4.51. The molecule has 0 aliphatic carbocycles. The fourth-order valence-corrected chi connectivity index (χ4v) is 3.20. The van der Waals surface area contributed by atoms with Crippen LogP contribution in [0.25, 0.3) is 11.0 Å². The molecule has 142 valence electrons. The molecule has 0 N–H and O–H groups in total. The van der Waals surface area contributed by atoms with E-state index in [4.69, 9.17) is 9.15 Å². The van der Waals surface area contributed by atoms with Crippen molar-refractivity contribution in [1.82, 2.24) is 0 Å². The third kappa shape index (κ3) is 4.44. The fraction of sp³-hybridized carbons (Fsp3) is 0.211. The lowest BCUT2D eigenvalue weighted by Crippen LogP contribution is -2.10. The zero-order chi connectivity index (χ0) is 19.6. The summed E-state index contributed by atoms with van der Waals surface area (Å²) in [6, 6.07) is 8.39. The summed E-state index contributed by atoms with van der Waals surface area (Å²) in [4.78, 5) is 11.5. The molecular weight excluding hydrogens is 429 g/mol. The second-order valence-corrected chi connectivity index (χ2v) is 6.63. The first kappa shape index (κ1) is 19.3. The van der Waals surface area contributed by atoms with Gasteiger partial charge < -0.3 is 13.9 Å². The number of carbonyl (C=O) groups excluding carboxylic acids is 1. The van der Waals surface area contributed by atoms with Gasteiger partial charge in [0.05, 0.1) is 29.8 Å². The Kier molecular flexibility index (Phi) is 5.46. The van der Waals surface area contributed by atoms with Gasteiger partial charge in [0.25, 0.3) is 0 Å². The number of furan rings is 1. The van der Waals surface area contributed by atoms with Gasteiger partial charge in [0, 0.05) is 10.9 Å². The first-order valence-electron chi connectivity index (χ1n) is 7.83. The van der Waals surface area contributed by atoms with E-state index in [-0.39, 0.29) is 18.8 Å². The first-order chi connectivity index (χ1) is 12.8. The molecule has 0 radical (unpaired) electrons. The molecule has 0 saturated carbocycles. The van der Waals surface area contributed by atoms with Crippen LogP contribution in [0.3, 0.4) is 0 Å². The van der Waals surface area contributed by atoms with Gasteiger partial charge in [0.15, 0.2) is 0 Å². The second kappa shape index (κ2) is 7.64. The van der Waals surface area contributed by atoms with Crippen LogP contribution in [0.4, 0.5) is 13.2 Å². The minimum Gasteiger partial charge on any atom is -0.489 e. The Labute approximate surface area is 161 Å². The molecule has 1 aromatic heterocycles. The molecular formula is C19H14BrF3O4. The molecule has 0 bridgehead atoms. The van der Waals surface area contributed by atoms with Crippen LogP contribution in [0.2, 0.25) is 0 Å². The molecule has 3 aromatic rings. The maximum absolute atomic E-state index is 13.0. The predicted octanol–water partition coefficient (Wildman–Crippen LogP) is 5.51. The van der Waals surface area contributed by atoms with Crippen molar-refractivity contribution in [2.24, 2.45) is 0 Å². The van der Waals surface area contributed by atoms with Crippen molar-refractivity contribution in [3.05, 3.63) is 63.8 Å².